The SMILES string of the molecule is CCn1ncc2c(NC3CCCCC3)c(C3=NOC4(CCC(C(=O)NC)CC4)C3)cnc21. The molecule has 3 heterocycles. The minimum Gasteiger partial charge on any atom is -0.389 e. The fourth-order valence-corrected chi connectivity index (χ4v) is 5.63. The van der Waals surface area contributed by atoms with Crippen molar-refractivity contribution in [1.82, 2.24) is 20.1 Å². The lowest BCUT2D eigenvalue weighted by molar-refractivity contribution is -0.128. The van der Waals surface area contributed by atoms with Gasteiger partial charge in [0.1, 0.15) is 5.60 Å². The van der Waals surface area contributed by atoms with Crippen LogP contribution in [0.5, 0.6) is 0 Å². The molecule has 32 heavy (non-hydrogen) atoms. The van der Waals surface area contributed by atoms with Gasteiger partial charge in [0, 0.05) is 43.7 Å². The van der Waals surface area contributed by atoms with Crippen LogP contribution >= 0.6 is 0 Å². The lowest BCUT2D eigenvalue weighted by Crippen LogP contribution is -2.39. The smallest absolute Gasteiger partial charge is 0.222 e. The van der Waals surface area contributed by atoms with E-state index < -0.39 is 0 Å². The Hall–Kier alpha value is -2.64. The number of fused-ring (bicyclic) bond motifs is 1. The number of oxime groups is 1. The summed E-state index contributed by atoms with van der Waals surface area (Å²) in [7, 11) is 1.71. The number of aromatic nitrogens is 3. The Balaban J connectivity index is 1.41. The molecule has 0 atom stereocenters. The van der Waals surface area contributed by atoms with Gasteiger partial charge in [-0.2, -0.15) is 5.10 Å². The van der Waals surface area contributed by atoms with Crippen molar-refractivity contribution < 1.29 is 9.63 Å². The van der Waals surface area contributed by atoms with Crippen molar-refractivity contribution in [2.45, 2.75) is 89.3 Å². The average Bonchev–Trinajstić information content (AvgIpc) is 3.44. The number of nitrogens with zero attached hydrogens (tertiary/aromatic N) is 4. The molecule has 0 unspecified atom stereocenters. The molecule has 1 spiro atoms. The van der Waals surface area contributed by atoms with Gasteiger partial charge in [-0.3, -0.25) is 4.79 Å². The predicted octanol–water partition coefficient (Wildman–Crippen LogP) is 4.00. The minimum absolute atomic E-state index is 0.0831. The Bertz CT molecular complexity index is 1010. The molecule has 3 aliphatic rings. The van der Waals surface area contributed by atoms with Gasteiger partial charge in [-0.25, -0.2) is 9.67 Å². The van der Waals surface area contributed by atoms with Gasteiger partial charge < -0.3 is 15.5 Å². The molecule has 2 fully saturated rings. The van der Waals surface area contributed by atoms with E-state index in [1.807, 2.05) is 17.1 Å². The van der Waals surface area contributed by atoms with E-state index in [0.29, 0.717) is 6.04 Å². The van der Waals surface area contributed by atoms with Gasteiger partial charge in [-0.15, -0.1) is 0 Å². The first-order chi connectivity index (χ1) is 15.6. The number of pyridine rings is 1. The van der Waals surface area contributed by atoms with E-state index in [1.165, 1.54) is 32.1 Å². The van der Waals surface area contributed by atoms with Gasteiger partial charge in [-0.1, -0.05) is 24.4 Å². The predicted molar refractivity (Wildman–Crippen MR) is 125 cm³/mol. The van der Waals surface area contributed by atoms with E-state index in [0.717, 1.165) is 66.6 Å². The van der Waals surface area contributed by atoms with Crippen molar-refractivity contribution in [3.8, 4) is 0 Å². The molecule has 5 rings (SSSR count). The Morgan fingerprint density at radius 3 is 2.69 bits per heavy atom. The van der Waals surface area contributed by atoms with Crippen LogP contribution in [0.1, 0.15) is 76.7 Å². The third kappa shape index (κ3) is 3.84. The van der Waals surface area contributed by atoms with Crippen LogP contribution in [0.3, 0.4) is 0 Å². The van der Waals surface area contributed by atoms with Crippen LogP contribution < -0.4 is 10.6 Å². The fourth-order valence-electron chi connectivity index (χ4n) is 5.63. The van der Waals surface area contributed by atoms with Crippen LogP contribution in [-0.4, -0.2) is 45.1 Å². The van der Waals surface area contributed by atoms with E-state index in [1.54, 1.807) is 7.05 Å². The average molecular weight is 439 g/mol. The number of carbonyl (C=O) groups excluding carboxylic acids is 1. The highest BCUT2D eigenvalue weighted by molar-refractivity contribution is 6.10. The third-order valence-electron chi connectivity index (χ3n) is 7.58. The van der Waals surface area contributed by atoms with Crippen molar-refractivity contribution in [2.24, 2.45) is 11.1 Å². The fraction of sp³-hybridized carbons (Fsp3) is 0.667. The molecule has 0 aromatic carbocycles. The highest BCUT2D eigenvalue weighted by Crippen LogP contribution is 2.43. The zero-order chi connectivity index (χ0) is 22.1. The molecule has 8 nitrogen and oxygen atoms in total. The molecule has 0 radical (unpaired) electrons. The van der Waals surface area contributed by atoms with Gasteiger partial charge in [0.05, 0.1) is 23.0 Å². The van der Waals surface area contributed by atoms with Crippen LogP contribution in [0.2, 0.25) is 0 Å². The van der Waals surface area contributed by atoms with E-state index in [2.05, 4.69) is 27.8 Å². The molecule has 172 valence electrons. The van der Waals surface area contributed by atoms with Crippen LogP contribution in [0.15, 0.2) is 17.5 Å². The first kappa shape index (κ1) is 21.2. The molecular formula is C24H34N6O2. The van der Waals surface area contributed by atoms with E-state index in [-0.39, 0.29) is 17.4 Å². The third-order valence-corrected chi connectivity index (χ3v) is 7.58. The molecular weight excluding hydrogens is 404 g/mol. The van der Waals surface area contributed by atoms with Crippen molar-refractivity contribution in [3.05, 3.63) is 18.0 Å². The number of rotatable bonds is 5. The first-order valence-corrected chi connectivity index (χ1v) is 12.2. The highest BCUT2D eigenvalue weighted by atomic mass is 16.7. The summed E-state index contributed by atoms with van der Waals surface area (Å²) in [5.41, 5.74) is 3.71. The summed E-state index contributed by atoms with van der Waals surface area (Å²) >= 11 is 0. The zero-order valence-corrected chi connectivity index (χ0v) is 19.2. The number of hydrogen-bond acceptors (Lipinski definition) is 6. The molecule has 2 aliphatic carbocycles. The summed E-state index contributed by atoms with van der Waals surface area (Å²) in [6, 6.07) is 0.470. The standard InChI is InChI=1S/C24H34N6O2/c1-3-30-22-19(15-27-30)21(28-17-7-5-4-6-8-17)18(14-26-22)20-13-24(32-29-20)11-9-16(10-12-24)23(31)25-2/h14-17H,3-13H2,1-2H3,(H,25,31)(H,26,28). The highest BCUT2D eigenvalue weighted by Gasteiger charge is 2.44. The molecule has 2 N–H and O–H groups in total. The van der Waals surface area contributed by atoms with Crippen LogP contribution in [0.25, 0.3) is 11.0 Å². The number of nitrogens with one attached hydrogen (secondary N) is 2. The Morgan fingerprint density at radius 1 is 1.19 bits per heavy atom. The lowest BCUT2D eigenvalue weighted by atomic mass is 9.75. The minimum atomic E-state index is -0.287. The molecule has 2 aromatic heterocycles. The van der Waals surface area contributed by atoms with Crippen LogP contribution in [0, 0.1) is 5.92 Å². The lowest BCUT2D eigenvalue weighted by Gasteiger charge is -2.34. The number of carbonyl (C=O) groups is 1. The maximum absolute atomic E-state index is 12.0. The van der Waals surface area contributed by atoms with E-state index >= 15 is 0 Å². The van der Waals surface area contributed by atoms with Gasteiger partial charge >= 0.3 is 0 Å². The van der Waals surface area contributed by atoms with Gasteiger partial charge in [0.2, 0.25) is 5.91 Å². The number of aryl methyl sites for hydroxylation is 1. The summed E-state index contributed by atoms with van der Waals surface area (Å²) in [5.74, 6) is 0.222. The maximum atomic E-state index is 12.0. The molecule has 1 amide bonds. The first-order valence-electron chi connectivity index (χ1n) is 12.2. The summed E-state index contributed by atoms with van der Waals surface area (Å²) in [5, 5.41) is 16.8. The second-order valence-corrected chi connectivity index (χ2v) is 9.60. The number of hydrogen-bond donors (Lipinski definition) is 2. The normalized spacial score (nSPS) is 26.2. The topological polar surface area (TPSA) is 93.4 Å². The van der Waals surface area contributed by atoms with Crippen LogP contribution in [-0.2, 0) is 16.2 Å². The second kappa shape index (κ2) is 8.71. The largest absolute Gasteiger partial charge is 0.389 e. The number of amides is 1. The molecule has 2 aromatic rings. The molecule has 2 saturated carbocycles. The Kier molecular flexibility index (Phi) is 5.78. The second-order valence-electron chi connectivity index (χ2n) is 9.60. The summed E-state index contributed by atoms with van der Waals surface area (Å²) in [4.78, 5) is 22.9. The maximum Gasteiger partial charge on any atom is 0.222 e. The quantitative estimate of drug-likeness (QED) is 0.736. The molecule has 8 heteroatoms. The summed E-state index contributed by atoms with van der Waals surface area (Å²) in [6.07, 6.45) is 14.3. The van der Waals surface area contributed by atoms with Crippen molar-refractivity contribution in [2.75, 3.05) is 12.4 Å². The Labute approximate surface area is 189 Å². The summed E-state index contributed by atoms with van der Waals surface area (Å²) < 4.78 is 1.94. The summed E-state index contributed by atoms with van der Waals surface area (Å²) in [6.45, 7) is 2.88. The van der Waals surface area contributed by atoms with Crippen molar-refractivity contribution in [1.29, 1.82) is 0 Å². The molecule has 1 aliphatic heterocycles. The van der Waals surface area contributed by atoms with Crippen LogP contribution in [0.4, 0.5) is 5.69 Å². The molecule has 0 bridgehead atoms. The zero-order valence-electron chi connectivity index (χ0n) is 19.2. The van der Waals surface area contributed by atoms with E-state index in [4.69, 9.17) is 9.82 Å². The van der Waals surface area contributed by atoms with Gasteiger partial charge in [-0.05, 0) is 45.4 Å². The van der Waals surface area contributed by atoms with Gasteiger partial charge in [0.15, 0.2) is 5.65 Å². The Morgan fingerprint density at radius 2 is 1.97 bits per heavy atom. The molecule has 0 saturated heterocycles. The monoisotopic (exact) mass is 438 g/mol. The van der Waals surface area contributed by atoms with Crippen molar-refractivity contribution in [3.63, 3.8) is 0 Å². The van der Waals surface area contributed by atoms with E-state index in [9.17, 15) is 4.79 Å². The van der Waals surface area contributed by atoms with Crippen molar-refractivity contribution >= 4 is 28.3 Å². The number of anilines is 1. The van der Waals surface area contributed by atoms with Gasteiger partial charge in [0.25, 0.3) is 0 Å².